The van der Waals surface area contributed by atoms with Gasteiger partial charge in [0.25, 0.3) is 0 Å². The molecule has 1 aliphatic heterocycles. The first-order chi connectivity index (χ1) is 12.3. The number of fused-ring (bicyclic) bond motifs is 1. The van der Waals surface area contributed by atoms with Crippen LogP contribution in [0.15, 0.2) is 42.7 Å². The number of hydrogen-bond donors (Lipinski definition) is 0. The van der Waals surface area contributed by atoms with E-state index in [0.717, 1.165) is 68.4 Å². The van der Waals surface area contributed by atoms with E-state index in [-0.39, 0.29) is 0 Å². The van der Waals surface area contributed by atoms with Gasteiger partial charge in [-0.25, -0.2) is 4.98 Å². The van der Waals surface area contributed by atoms with E-state index in [9.17, 15) is 0 Å². The van der Waals surface area contributed by atoms with Gasteiger partial charge in [-0.3, -0.25) is 9.88 Å². The first kappa shape index (κ1) is 16.0. The Hall–Kier alpha value is -2.47. The quantitative estimate of drug-likeness (QED) is 0.732. The molecular weight excluding hydrogens is 312 g/mol. The number of anilines is 1. The summed E-state index contributed by atoms with van der Waals surface area (Å²) in [5, 5.41) is 4.48. The van der Waals surface area contributed by atoms with Crippen molar-refractivity contribution in [1.82, 2.24) is 24.5 Å². The molecule has 3 aromatic rings. The fourth-order valence-corrected chi connectivity index (χ4v) is 3.43. The van der Waals surface area contributed by atoms with Crippen LogP contribution < -0.4 is 4.90 Å². The van der Waals surface area contributed by atoms with Crippen molar-refractivity contribution < 1.29 is 0 Å². The first-order valence-corrected chi connectivity index (χ1v) is 9.04. The Morgan fingerprint density at radius 2 is 1.96 bits per heavy atom. The normalized spacial score (nSPS) is 16.3. The fraction of sp³-hybridized carbons (Fsp3) is 0.421. The Morgan fingerprint density at radius 1 is 1.00 bits per heavy atom. The zero-order valence-corrected chi connectivity index (χ0v) is 14.7. The Kier molecular flexibility index (Phi) is 4.61. The van der Waals surface area contributed by atoms with Crippen LogP contribution in [0, 0.1) is 0 Å². The molecule has 130 valence electrons. The molecule has 4 heterocycles. The Morgan fingerprint density at radius 3 is 2.80 bits per heavy atom. The van der Waals surface area contributed by atoms with Crippen molar-refractivity contribution in [3.05, 3.63) is 54.1 Å². The molecule has 4 rings (SSSR count). The van der Waals surface area contributed by atoms with Crippen molar-refractivity contribution in [1.29, 1.82) is 0 Å². The number of rotatable bonds is 4. The molecule has 0 aliphatic carbocycles. The molecule has 1 saturated heterocycles. The minimum Gasteiger partial charge on any atom is -0.355 e. The third-order valence-electron chi connectivity index (χ3n) is 4.78. The molecule has 0 bridgehead atoms. The summed E-state index contributed by atoms with van der Waals surface area (Å²) in [5.41, 5.74) is 3.20. The summed E-state index contributed by atoms with van der Waals surface area (Å²) in [6.07, 6.45) is 5.78. The van der Waals surface area contributed by atoms with Crippen LogP contribution >= 0.6 is 0 Å². The highest BCUT2D eigenvalue weighted by Gasteiger charge is 2.18. The van der Waals surface area contributed by atoms with Crippen LogP contribution in [0.1, 0.15) is 24.7 Å². The largest absolute Gasteiger partial charge is 0.355 e. The predicted molar refractivity (Wildman–Crippen MR) is 98.7 cm³/mol. The highest BCUT2D eigenvalue weighted by molar-refractivity contribution is 5.51. The van der Waals surface area contributed by atoms with Gasteiger partial charge in [-0.2, -0.15) is 9.61 Å². The molecule has 25 heavy (non-hydrogen) atoms. The minimum atomic E-state index is 0.919. The van der Waals surface area contributed by atoms with Crippen LogP contribution in [0.25, 0.3) is 5.65 Å². The molecule has 6 nitrogen and oxygen atoms in total. The van der Waals surface area contributed by atoms with Crippen molar-refractivity contribution >= 4 is 11.5 Å². The van der Waals surface area contributed by atoms with Crippen molar-refractivity contribution in [3.8, 4) is 0 Å². The number of aryl methyl sites for hydroxylation is 1. The summed E-state index contributed by atoms with van der Waals surface area (Å²) in [5.74, 6) is 1.16. The van der Waals surface area contributed by atoms with Gasteiger partial charge < -0.3 is 4.90 Å². The highest BCUT2D eigenvalue weighted by atomic mass is 15.4. The van der Waals surface area contributed by atoms with Gasteiger partial charge >= 0.3 is 0 Å². The molecular formula is C19H24N6. The van der Waals surface area contributed by atoms with E-state index in [1.54, 1.807) is 0 Å². The topological polar surface area (TPSA) is 49.6 Å². The average Bonchev–Trinajstić information content (AvgIpc) is 3.01. The van der Waals surface area contributed by atoms with Gasteiger partial charge in [0, 0.05) is 56.7 Å². The summed E-state index contributed by atoms with van der Waals surface area (Å²) in [7, 11) is 0. The van der Waals surface area contributed by atoms with Gasteiger partial charge in [-0.1, -0.05) is 13.0 Å². The smallest absolute Gasteiger partial charge is 0.157 e. The summed E-state index contributed by atoms with van der Waals surface area (Å²) in [4.78, 5) is 14.1. The van der Waals surface area contributed by atoms with Crippen molar-refractivity contribution in [2.24, 2.45) is 0 Å². The van der Waals surface area contributed by atoms with Crippen LogP contribution in [-0.2, 0) is 13.0 Å². The average molecular weight is 336 g/mol. The van der Waals surface area contributed by atoms with E-state index >= 15 is 0 Å². The van der Waals surface area contributed by atoms with Crippen LogP contribution in [0.4, 0.5) is 5.82 Å². The van der Waals surface area contributed by atoms with Gasteiger partial charge in [-0.15, -0.1) is 0 Å². The molecule has 0 N–H and O–H groups in total. The van der Waals surface area contributed by atoms with Crippen LogP contribution in [0.5, 0.6) is 0 Å². The van der Waals surface area contributed by atoms with E-state index in [0.29, 0.717) is 0 Å². The number of nitrogens with zero attached hydrogens (tertiary/aromatic N) is 6. The van der Waals surface area contributed by atoms with Crippen LogP contribution in [0.3, 0.4) is 0 Å². The molecule has 0 amide bonds. The summed E-state index contributed by atoms with van der Waals surface area (Å²) in [6, 6.07) is 10.3. The van der Waals surface area contributed by atoms with Gasteiger partial charge in [0.1, 0.15) is 5.82 Å². The predicted octanol–water partition coefficient (Wildman–Crippen LogP) is 2.40. The van der Waals surface area contributed by atoms with Crippen molar-refractivity contribution in [2.45, 2.75) is 26.3 Å². The second kappa shape index (κ2) is 7.19. The lowest BCUT2D eigenvalue weighted by Gasteiger charge is -2.24. The van der Waals surface area contributed by atoms with Crippen LogP contribution in [0.2, 0.25) is 0 Å². The summed E-state index contributed by atoms with van der Waals surface area (Å²) >= 11 is 0. The van der Waals surface area contributed by atoms with Gasteiger partial charge in [0.05, 0.1) is 11.9 Å². The number of aromatic nitrogens is 4. The highest BCUT2D eigenvalue weighted by Crippen LogP contribution is 2.20. The lowest BCUT2D eigenvalue weighted by atomic mass is 10.3. The second-order valence-corrected chi connectivity index (χ2v) is 6.50. The van der Waals surface area contributed by atoms with E-state index in [1.165, 1.54) is 0 Å². The first-order valence-electron chi connectivity index (χ1n) is 9.04. The lowest BCUT2D eigenvalue weighted by molar-refractivity contribution is 0.282. The maximum absolute atomic E-state index is 4.66. The molecule has 0 unspecified atom stereocenters. The molecule has 6 heteroatoms. The Balaban J connectivity index is 1.52. The minimum absolute atomic E-state index is 0.919. The van der Waals surface area contributed by atoms with E-state index in [2.05, 4.69) is 50.0 Å². The zero-order valence-electron chi connectivity index (χ0n) is 14.7. The molecule has 0 radical (unpaired) electrons. The number of pyridine rings is 1. The second-order valence-electron chi connectivity index (χ2n) is 6.50. The zero-order chi connectivity index (χ0) is 17.1. The third-order valence-corrected chi connectivity index (χ3v) is 4.78. The van der Waals surface area contributed by atoms with Gasteiger partial charge in [0.2, 0.25) is 0 Å². The standard InChI is InChI=1S/C19H24N6/c1-2-16-14-19(25-18(22-16)7-9-21-25)24-11-5-10-23(12-13-24)15-17-6-3-4-8-20-17/h3-4,6-9,14H,2,5,10-13,15H2,1H3. The third kappa shape index (κ3) is 3.49. The maximum Gasteiger partial charge on any atom is 0.157 e. The monoisotopic (exact) mass is 336 g/mol. The molecule has 3 aromatic heterocycles. The summed E-state index contributed by atoms with van der Waals surface area (Å²) < 4.78 is 1.97. The van der Waals surface area contributed by atoms with Crippen molar-refractivity contribution in [2.75, 3.05) is 31.1 Å². The van der Waals surface area contributed by atoms with Crippen molar-refractivity contribution in [3.63, 3.8) is 0 Å². The van der Waals surface area contributed by atoms with Gasteiger partial charge in [-0.05, 0) is 25.0 Å². The molecule has 1 aliphatic rings. The SMILES string of the molecule is CCc1cc(N2CCCN(Cc3ccccn3)CC2)n2nccc2n1. The van der Waals surface area contributed by atoms with E-state index < -0.39 is 0 Å². The fourth-order valence-electron chi connectivity index (χ4n) is 3.43. The molecule has 0 spiro atoms. The van der Waals surface area contributed by atoms with E-state index in [4.69, 9.17) is 0 Å². The Labute approximate surface area is 148 Å². The molecule has 0 saturated carbocycles. The summed E-state index contributed by atoms with van der Waals surface area (Å²) in [6.45, 7) is 7.23. The Bertz CT molecular complexity index is 828. The van der Waals surface area contributed by atoms with Gasteiger partial charge in [0.15, 0.2) is 5.65 Å². The number of hydrogen-bond acceptors (Lipinski definition) is 5. The molecule has 1 fully saturated rings. The maximum atomic E-state index is 4.66. The lowest BCUT2D eigenvalue weighted by Crippen LogP contribution is -2.32. The van der Waals surface area contributed by atoms with Crippen LogP contribution in [-0.4, -0.2) is 50.7 Å². The van der Waals surface area contributed by atoms with E-state index in [1.807, 2.05) is 29.0 Å². The molecule has 0 aromatic carbocycles. The molecule has 0 atom stereocenters.